The molecule has 140 valence electrons. The Hall–Kier alpha value is -2.19. The van der Waals surface area contributed by atoms with E-state index in [4.69, 9.17) is 15.2 Å². The van der Waals surface area contributed by atoms with Crippen LogP contribution in [0.4, 0.5) is 18.9 Å². The van der Waals surface area contributed by atoms with E-state index in [0.717, 1.165) is 21.1 Å². The maximum absolute atomic E-state index is 13.4. The molecule has 0 aliphatic carbocycles. The van der Waals surface area contributed by atoms with Crippen molar-refractivity contribution in [2.75, 3.05) is 5.73 Å². The average molecular weight is 503 g/mol. The van der Waals surface area contributed by atoms with Crippen molar-refractivity contribution in [1.82, 2.24) is 0 Å². The first kappa shape index (κ1) is 19.6. The van der Waals surface area contributed by atoms with E-state index in [-0.39, 0.29) is 17.2 Å². The molecule has 27 heavy (non-hydrogen) atoms. The molecule has 0 aliphatic heterocycles. The van der Waals surface area contributed by atoms with Gasteiger partial charge < -0.3 is 15.2 Å². The second-order valence-electron chi connectivity index (χ2n) is 5.50. The van der Waals surface area contributed by atoms with Gasteiger partial charge in [0.05, 0.1) is 5.69 Å². The van der Waals surface area contributed by atoms with Crippen LogP contribution in [-0.2, 0) is 6.18 Å². The molecule has 0 aromatic heterocycles. The Morgan fingerprint density at radius 3 is 1.59 bits per heavy atom. The molecule has 0 atom stereocenters. The lowest BCUT2D eigenvalue weighted by atomic mass is 10.1. The van der Waals surface area contributed by atoms with Gasteiger partial charge >= 0.3 is 6.18 Å². The number of nitrogens with two attached hydrogens (primary N) is 1. The fourth-order valence-corrected chi connectivity index (χ4v) is 2.76. The fourth-order valence-electron chi connectivity index (χ4n) is 2.23. The van der Waals surface area contributed by atoms with E-state index >= 15 is 0 Å². The second kappa shape index (κ2) is 7.82. The van der Waals surface area contributed by atoms with Crippen LogP contribution in [0, 0.1) is 0 Å². The molecule has 3 nitrogen and oxygen atoms in total. The first-order chi connectivity index (χ1) is 12.7. The van der Waals surface area contributed by atoms with Crippen LogP contribution in [0.15, 0.2) is 69.6 Å². The molecule has 0 heterocycles. The second-order valence-corrected chi connectivity index (χ2v) is 7.33. The molecule has 0 amide bonds. The van der Waals surface area contributed by atoms with Crippen LogP contribution < -0.4 is 15.2 Å². The van der Waals surface area contributed by atoms with E-state index in [1.807, 2.05) is 0 Å². The van der Waals surface area contributed by atoms with Crippen LogP contribution in [0.5, 0.6) is 23.0 Å². The highest BCUT2D eigenvalue weighted by molar-refractivity contribution is 9.10. The van der Waals surface area contributed by atoms with Crippen molar-refractivity contribution in [2.45, 2.75) is 6.18 Å². The quantitative estimate of drug-likeness (QED) is 0.378. The van der Waals surface area contributed by atoms with Gasteiger partial charge in [0.2, 0.25) is 0 Å². The molecule has 3 aromatic rings. The van der Waals surface area contributed by atoms with Crippen molar-refractivity contribution in [3.05, 3.63) is 75.2 Å². The largest absolute Gasteiger partial charge is 0.457 e. The minimum absolute atomic E-state index is 0.0671. The predicted octanol–water partition coefficient (Wildman–Crippen LogP) is 7.40. The van der Waals surface area contributed by atoms with Gasteiger partial charge in [-0.15, -0.1) is 0 Å². The Labute approximate surface area is 170 Å². The summed E-state index contributed by atoms with van der Waals surface area (Å²) in [6, 6.07) is 15.2. The van der Waals surface area contributed by atoms with Gasteiger partial charge in [0.1, 0.15) is 22.8 Å². The Bertz CT molecular complexity index is 943. The van der Waals surface area contributed by atoms with Crippen LogP contribution in [0.3, 0.4) is 0 Å². The topological polar surface area (TPSA) is 44.5 Å². The number of alkyl halides is 3. The molecular formula is C19H12Br2F3NO2. The van der Waals surface area contributed by atoms with Gasteiger partial charge in [-0.05, 0) is 54.6 Å². The molecule has 0 saturated heterocycles. The SMILES string of the molecule is Nc1cc(C(F)(F)F)c(Oc2ccc(Br)cc2)cc1Oc1ccc(Br)cc1. The third-order valence-corrected chi connectivity index (χ3v) is 4.56. The van der Waals surface area contributed by atoms with Crippen molar-refractivity contribution in [3.8, 4) is 23.0 Å². The van der Waals surface area contributed by atoms with Crippen molar-refractivity contribution in [2.24, 2.45) is 0 Å². The minimum Gasteiger partial charge on any atom is -0.457 e. The van der Waals surface area contributed by atoms with Gasteiger partial charge in [0.15, 0.2) is 5.75 Å². The molecule has 0 saturated carbocycles. The summed E-state index contributed by atoms with van der Waals surface area (Å²) in [6.07, 6.45) is -4.63. The van der Waals surface area contributed by atoms with Crippen LogP contribution in [-0.4, -0.2) is 0 Å². The number of halogens is 5. The number of ether oxygens (including phenoxy) is 2. The molecule has 0 spiro atoms. The third kappa shape index (κ3) is 4.95. The fraction of sp³-hybridized carbons (Fsp3) is 0.0526. The van der Waals surface area contributed by atoms with Gasteiger partial charge in [0, 0.05) is 15.0 Å². The number of anilines is 1. The van der Waals surface area contributed by atoms with Crippen molar-refractivity contribution in [1.29, 1.82) is 0 Å². The zero-order chi connectivity index (χ0) is 19.6. The maximum Gasteiger partial charge on any atom is 0.420 e. The number of hydrogen-bond donors (Lipinski definition) is 1. The lowest BCUT2D eigenvalue weighted by molar-refractivity contribution is -0.138. The number of benzene rings is 3. The highest BCUT2D eigenvalue weighted by Gasteiger charge is 2.36. The minimum atomic E-state index is -4.63. The molecule has 8 heteroatoms. The van der Waals surface area contributed by atoms with Crippen molar-refractivity contribution in [3.63, 3.8) is 0 Å². The summed E-state index contributed by atoms with van der Waals surface area (Å²) < 4.78 is 52.9. The molecule has 2 N–H and O–H groups in total. The molecular weight excluding hydrogens is 491 g/mol. The zero-order valence-electron chi connectivity index (χ0n) is 13.6. The summed E-state index contributed by atoms with van der Waals surface area (Å²) in [5, 5.41) is 0. The van der Waals surface area contributed by atoms with Crippen LogP contribution in [0.1, 0.15) is 5.56 Å². The smallest absolute Gasteiger partial charge is 0.420 e. The first-order valence-electron chi connectivity index (χ1n) is 7.60. The lowest BCUT2D eigenvalue weighted by Crippen LogP contribution is -2.09. The Balaban J connectivity index is 2.00. The van der Waals surface area contributed by atoms with Crippen LogP contribution in [0.2, 0.25) is 0 Å². The standard InChI is InChI=1S/C19H12Br2F3NO2/c20-11-1-5-13(6-2-11)26-17-10-18(16(25)9-15(17)19(22,23)24)27-14-7-3-12(21)4-8-14/h1-10H,25H2. The van der Waals surface area contributed by atoms with Gasteiger partial charge in [-0.25, -0.2) is 0 Å². The predicted molar refractivity (Wildman–Crippen MR) is 104 cm³/mol. The van der Waals surface area contributed by atoms with E-state index < -0.39 is 17.5 Å². The van der Waals surface area contributed by atoms with E-state index in [1.54, 1.807) is 48.5 Å². The maximum atomic E-state index is 13.4. The van der Waals surface area contributed by atoms with Crippen molar-refractivity contribution >= 4 is 37.5 Å². The van der Waals surface area contributed by atoms with E-state index in [1.165, 1.54) is 0 Å². The summed E-state index contributed by atoms with van der Waals surface area (Å²) in [5.41, 5.74) is 4.66. The highest BCUT2D eigenvalue weighted by atomic mass is 79.9. The summed E-state index contributed by atoms with van der Waals surface area (Å²) in [4.78, 5) is 0. The number of rotatable bonds is 4. The van der Waals surface area contributed by atoms with Crippen LogP contribution in [0.25, 0.3) is 0 Å². The third-order valence-electron chi connectivity index (χ3n) is 3.50. The molecule has 0 fully saturated rings. The van der Waals surface area contributed by atoms with Crippen LogP contribution >= 0.6 is 31.9 Å². The monoisotopic (exact) mass is 501 g/mol. The summed E-state index contributed by atoms with van der Waals surface area (Å²) in [5.74, 6) is 0.353. The highest BCUT2D eigenvalue weighted by Crippen LogP contribution is 2.43. The summed E-state index contributed by atoms with van der Waals surface area (Å²) in [6.45, 7) is 0. The van der Waals surface area contributed by atoms with Gasteiger partial charge in [-0.3, -0.25) is 0 Å². The molecule has 3 rings (SSSR count). The number of nitrogen functional groups attached to an aromatic ring is 1. The normalized spacial score (nSPS) is 11.3. The summed E-state index contributed by atoms with van der Waals surface area (Å²) in [7, 11) is 0. The molecule has 0 aliphatic rings. The Morgan fingerprint density at radius 1 is 0.704 bits per heavy atom. The van der Waals surface area contributed by atoms with Gasteiger partial charge in [-0.1, -0.05) is 31.9 Å². The van der Waals surface area contributed by atoms with E-state index in [0.29, 0.717) is 5.75 Å². The zero-order valence-corrected chi connectivity index (χ0v) is 16.7. The molecule has 0 bridgehead atoms. The van der Waals surface area contributed by atoms with E-state index in [2.05, 4.69) is 31.9 Å². The van der Waals surface area contributed by atoms with Crippen molar-refractivity contribution < 1.29 is 22.6 Å². The molecule has 0 radical (unpaired) electrons. The van der Waals surface area contributed by atoms with Gasteiger partial charge in [0.25, 0.3) is 0 Å². The average Bonchev–Trinajstić information content (AvgIpc) is 2.60. The van der Waals surface area contributed by atoms with Gasteiger partial charge in [-0.2, -0.15) is 13.2 Å². The lowest BCUT2D eigenvalue weighted by Gasteiger charge is -2.17. The van der Waals surface area contributed by atoms with E-state index in [9.17, 15) is 13.2 Å². The number of hydrogen-bond acceptors (Lipinski definition) is 3. The Morgan fingerprint density at radius 2 is 1.15 bits per heavy atom. The first-order valence-corrected chi connectivity index (χ1v) is 9.18. The molecule has 0 unspecified atom stereocenters. The summed E-state index contributed by atoms with van der Waals surface area (Å²) >= 11 is 6.57. The Kier molecular flexibility index (Phi) is 5.67. The molecule has 3 aromatic carbocycles.